The smallest absolute Gasteiger partial charge is 0.323 e. The van der Waals surface area contributed by atoms with Crippen molar-refractivity contribution in [2.75, 3.05) is 46.0 Å². The minimum atomic E-state index is -1.07. The number of morpholine rings is 1. The Balaban J connectivity index is 1.90. The van der Waals surface area contributed by atoms with Crippen molar-refractivity contribution in [3.63, 3.8) is 0 Å². The number of carbonyl (C=O) groups is 3. The molecular weight excluding hydrogens is 292 g/mol. The summed E-state index contributed by atoms with van der Waals surface area (Å²) in [4.78, 5) is 37.6. The van der Waals surface area contributed by atoms with Crippen LogP contribution < -0.4 is 0 Å². The Morgan fingerprint density at radius 3 is 2.68 bits per heavy atom. The number of amides is 2. The third kappa shape index (κ3) is 4.41. The van der Waals surface area contributed by atoms with Crippen LogP contribution in [0, 0.1) is 5.92 Å². The second-order valence-corrected chi connectivity index (χ2v) is 5.63. The van der Waals surface area contributed by atoms with E-state index in [4.69, 9.17) is 14.6 Å². The molecule has 0 aromatic rings. The fourth-order valence-electron chi connectivity index (χ4n) is 2.73. The zero-order valence-electron chi connectivity index (χ0n) is 12.7. The summed E-state index contributed by atoms with van der Waals surface area (Å²) in [6.07, 6.45) is 0.377. The predicted molar refractivity (Wildman–Crippen MR) is 75.1 cm³/mol. The summed E-state index contributed by atoms with van der Waals surface area (Å²) >= 11 is 0. The lowest BCUT2D eigenvalue weighted by atomic mass is 10.1. The first-order chi connectivity index (χ1) is 10.5. The summed E-state index contributed by atoms with van der Waals surface area (Å²) < 4.78 is 10.8. The van der Waals surface area contributed by atoms with Crippen molar-refractivity contribution in [1.29, 1.82) is 0 Å². The van der Waals surface area contributed by atoms with Gasteiger partial charge in [-0.15, -0.1) is 0 Å². The zero-order valence-corrected chi connectivity index (χ0v) is 12.7. The van der Waals surface area contributed by atoms with Crippen LogP contribution in [0.3, 0.4) is 0 Å². The first-order valence-corrected chi connectivity index (χ1v) is 7.43. The second-order valence-electron chi connectivity index (χ2n) is 5.63. The maximum Gasteiger partial charge on any atom is 0.323 e. The average Bonchev–Trinajstić information content (AvgIpc) is 2.99. The molecule has 0 aliphatic carbocycles. The lowest BCUT2D eigenvalue weighted by molar-refractivity contribution is -0.149. The molecule has 2 unspecified atom stereocenters. The highest BCUT2D eigenvalue weighted by molar-refractivity contribution is 5.80. The van der Waals surface area contributed by atoms with E-state index in [1.807, 2.05) is 0 Å². The van der Waals surface area contributed by atoms with Gasteiger partial charge in [-0.2, -0.15) is 0 Å². The van der Waals surface area contributed by atoms with E-state index in [1.54, 1.807) is 4.90 Å². The molecule has 2 saturated heterocycles. The molecule has 0 aromatic heterocycles. The standard InChI is InChI=1S/C14H22N2O6/c1-10(17)16(8-13(18)19)7-12-6-15(3-5-22-12)14(20)11-2-4-21-9-11/h11-12H,2-9H2,1H3,(H,18,19). The molecule has 8 heteroatoms. The number of nitrogens with zero attached hydrogens (tertiary/aromatic N) is 2. The first-order valence-electron chi connectivity index (χ1n) is 7.43. The van der Waals surface area contributed by atoms with Gasteiger partial charge in [-0.25, -0.2) is 0 Å². The molecule has 2 aliphatic heterocycles. The van der Waals surface area contributed by atoms with Crippen molar-refractivity contribution >= 4 is 17.8 Å². The molecule has 0 bridgehead atoms. The number of hydrogen-bond donors (Lipinski definition) is 1. The van der Waals surface area contributed by atoms with E-state index in [2.05, 4.69) is 0 Å². The van der Waals surface area contributed by atoms with Crippen LogP contribution >= 0.6 is 0 Å². The summed E-state index contributed by atoms with van der Waals surface area (Å²) in [7, 11) is 0. The van der Waals surface area contributed by atoms with E-state index in [1.165, 1.54) is 11.8 Å². The van der Waals surface area contributed by atoms with Crippen LogP contribution in [0.4, 0.5) is 0 Å². The van der Waals surface area contributed by atoms with E-state index in [0.29, 0.717) is 32.9 Å². The van der Waals surface area contributed by atoms with Crippen LogP contribution in [0.2, 0.25) is 0 Å². The van der Waals surface area contributed by atoms with Gasteiger partial charge in [0.25, 0.3) is 0 Å². The summed E-state index contributed by atoms with van der Waals surface area (Å²) in [5, 5.41) is 8.83. The highest BCUT2D eigenvalue weighted by Crippen LogP contribution is 2.18. The quantitative estimate of drug-likeness (QED) is 0.712. The van der Waals surface area contributed by atoms with Gasteiger partial charge in [0.2, 0.25) is 11.8 Å². The second kappa shape index (κ2) is 7.55. The van der Waals surface area contributed by atoms with Crippen LogP contribution in [-0.2, 0) is 23.9 Å². The molecule has 2 heterocycles. The van der Waals surface area contributed by atoms with Crippen LogP contribution in [-0.4, -0.2) is 84.8 Å². The van der Waals surface area contributed by atoms with Gasteiger partial charge in [0, 0.05) is 33.2 Å². The summed E-state index contributed by atoms with van der Waals surface area (Å²) in [5.41, 5.74) is 0. The third-order valence-electron chi connectivity index (χ3n) is 3.92. The zero-order chi connectivity index (χ0) is 16.1. The molecule has 22 heavy (non-hydrogen) atoms. The number of ether oxygens (including phenoxy) is 2. The fourth-order valence-corrected chi connectivity index (χ4v) is 2.73. The molecular formula is C14H22N2O6. The summed E-state index contributed by atoms with van der Waals surface area (Å²) in [6.45, 7) is 3.49. The molecule has 8 nitrogen and oxygen atoms in total. The number of carboxylic acids is 1. The van der Waals surface area contributed by atoms with Gasteiger partial charge in [-0.3, -0.25) is 14.4 Å². The molecule has 0 aromatic carbocycles. The fraction of sp³-hybridized carbons (Fsp3) is 0.786. The molecule has 0 spiro atoms. The predicted octanol–water partition coefficient (Wildman–Crippen LogP) is -0.817. The van der Waals surface area contributed by atoms with Gasteiger partial charge >= 0.3 is 5.97 Å². The Morgan fingerprint density at radius 2 is 2.09 bits per heavy atom. The molecule has 0 radical (unpaired) electrons. The number of carboxylic acid groups (broad SMARTS) is 1. The van der Waals surface area contributed by atoms with Crippen molar-refractivity contribution in [2.24, 2.45) is 5.92 Å². The topological polar surface area (TPSA) is 96.4 Å². The van der Waals surface area contributed by atoms with Crippen molar-refractivity contribution in [1.82, 2.24) is 9.80 Å². The normalized spacial score (nSPS) is 25.0. The van der Waals surface area contributed by atoms with Crippen molar-refractivity contribution in [3.05, 3.63) is 0 Å². The highest BCUT2D eigenvalue weighted by Gasteiger charge is 2.32. The van der Waals surface area contributed by atoms with Crippen LogP contribution in [0.1, 0.15) is 13.3 Å². The number of hydrogen-bond acceptors (Lipinski definition) is 5. The lowest BCUT2D eigenvalue weighted by Crippen LogP contribution is -2.52. The molecule has 0 saturated carbocycles. The monoisotopic (exact) mass is 314 g/mol. The Bertz CT molecular complexity index is 435. The Morgan fingerprint density at radius 1 is 1.32 bits per heavy atom. The van der Waals surface area contributed by atoms with Gasteiger partial charge in [-0.05, 0) is 6.42 Å². The molecule has 2 aliphatic rings. The van der Waals surface area contributed by atoms with E-state index in [-0.39, 0.29) is 36.9 Å². The maximum atomic E-state index is 12.4. The van der Waals surface area contributed by atoms with E-state index in [9.17, 15) is 14.4 Å². The number of aliphatic carboxylic acids is 1. The van der Waals surface area contributed by atoms with Crippen LogP contribution in [0.25, 0.3) is 0 Å². The van der Waals surface area contributed by atoms with Gasteiger partial charge < -0.3 is 24.4 Å². The third-order valence-corrected chi connectivity index (χ3v) is 3.92. The van der Waals surface area contributed by atoms with Crippen LogP contribution in [0.15, 0.2) is 0 Å². The molecule has 2 fully saturated rings. The number of carbonyl (C=O) groups excluding carboxylic acids is 2. The number of rotatable bonds is 5. The van der Waals surface area contributed by atoms with Crippen molar-refractivity contribution < 1.29 is 29.0 Å². The largest absolute Gasteiger partial charge is 0.480 e. The minimum Gasteiger partial charge on any atom is -0.480 e. The Labute approximate surface area is 128 Å². The Kier molecular flexibility index (Phi) is 5.73. The minimum absolute atomic E-state index is 0.0541. The van der Waals surface area contributed by atoms with Gasteiger partial charge in [-0.1, -0.05) is 0 Å². The van der Waals surface area contributed by atoms with Crippen molar-refractivity contribution in [2.45, 2.75) is 19.4 Å². The van der Waals surface area contributed by atoms with Crippen molar-refractivity contribution in [3.8, 4) is 0 Å². The summed E-state index contributed by atoms with van der Waals surface area (Å²) in [6, 6.07) is 0. The van der Waals surface area contributed by atoms with Gasteiger partial charge in [0.1, 0.15) is 6.54 Å². The average molecular weight is 314 g/mol. The molecule has 2 amide bonds. The maximum absolute atomic E-state index is 12.4. The SMILES string of the molecule is CC(=O)N(CC(=O)O)CC1CN(C(=O)C2CCOC2)CCO1. The lowest BCUT2D eigenvalue weighted by Gasteiger charge is -2.36. The van der Waals surface area contributed by atoms with E-state index < -0.39 is 5.97 Å². The molecule has 2 atom stereocenters. The van der Waals surface area contributed by atoms with Crippen LogP contribution in [0.5, 0.6) is 0 Å². The highest BCUT2D eigenvalue weighted by atomic mass is 16.5. The van der Waals surface area contributed by atoms with E-state index in [0.717, 1.165) is 6.42 Å². The van der Waals surface area contributed by atoms with E-state index >= 15 is 0 Å². The first kappa shape index (κ1) is 16.7. The summed E-state index contributed by atoms with van der Waals surface area (Å²) in [5.74, 6) is -1.43. The van der Waals surface area contributed by atoms with Gasteiger partial charge in [0.05, 0.1) is 25.2 Å². The molecule has 2 rings (SSSR count). The Hall–Kier alpha value is -1.67. The van der Waals surface area contributed by atoms with Gasteiger partial charge in [0.15, 0.2) is 0 Å². The molecule has 1 N–H and O–H groups in total. The molecule has 124 valence electrons.